The molecule has 1 N–H and O–H groups in total. The van der Waals surface area contributed by atoms with Crippen molar-refractivity contribution in [1.82, 2.24) is 4.57 Å². The van der Waals surface area contributed by atoms with E-state index in [9.17, 15) is 9.90 Å². The van der Waals surface area contributed by atoms with Crippen LogP contribution in [0.15, 0.2) is 86.6 Å². The molecule has 34 heavy (non-hydrogen) atoms. The van der Waals surface area contributed by atoms with Crippen molar-refractivity contribution in [2.75, 3.05) is 0 Å². The van der Waals surface area contributed by atoms with Crippen molar-refractivity contribution in [3.63, 3.8) is 0 Å². The van der Waals surface area contributed by atoms with Gasteiger partial charge in [0.2, 0.25) is 0 Å². The molecule has 0 fully saturated rings. The van der Waals surface area contributed by atoms with Crippen LogP contribution in [-0.4, -0.2) is 9.67 Å². The largest absolute Gasteiger partial charge is 0.507 e. The number of aromatic hydroxyl groups is 1. The summed E-state index contributed by atoms with van der Waals surface area (Å²) in [5, 5.41) is 10.5. The van der Waals surface area contributed by atoms with Gasteiger partial charge in [-0.3, -0.25) is 9.36 Å². The second-order valence-corrected chi connectivity index (χ2v) is 10.6. The van der Waals surface area contributed by atoms with E-state index in [0.717, 1.165) is 40.8 Å². The molecular formula is C27H18BrClN2O2S. The van der Waals surface area contributed by atoms with Gasteiger partial charge in [-0.1, -0.05) is 71.5 Å². The Hall–Kier alpha value is -2.93. The maximum atomic E-state index is 13.7. The maximum Gasteiger partial charge on any atom is 0.271 e. The monoisotopic (exact) mass is 548 g/mol. The maximum absolute atomic E-state index is 13.7. The van der Waals surface area contributed by atoms with E-state index in [0.29, 0.717) is 18.8 Å². The van der Waals surface area contributed by atoms with Gasteiger partial charge >= 0.3 is 0 Å². The molecule has 168 valence electrons. The predicted octanol–water partition coefficient (Wildman–Crippen LogP) is 5.44. The van der Waals surface area contributed by atoms with Crippen LogP contribution in [0.1, 0.15) is 34.7 Å². The molecular weight excluding hydrogens is 532 g/mol. The third kappa shape index (κ3) is 3.49. The van der Waals surface area contributed by atoms with Crippen LogP contribution in [0, 0.1) is 0 Å². The Morgan fingerprint density at radius 1 is 1.09 bits per heavy atom. The van der Waals surface area contributed by atoms with Gasteiger partial charge in [0.15, 0.2) is 4.80 Å². The molecule has 1 aliphatic heterocycles. The topological polar surface area (TPSA) is 54.6 Å². The summed E-state index contributed by atoms with van der Waals surface area (Å²) >= 11 is 11.4. The number of hydrogen-bond acceptors (Lipinski definition) is 4. The number of fused-ring (bicyclic) bond motifs is 3. The number of halogens is 2. The van der Waals surface area contributed by atoms with Gasteiger partial charge in [0.25, 0.3) is 5.56 Å². The molecule has 2 heterocycles. The minimum atomic E-state index is -0.304. The summed E-state index contributed by atoms with van der Waals surface area (Å²) in [5.41, 5.74) is 6.11. The minimum absolute atomic E-state index is 0.0942. The fourth-order valence-corrected chi connectivity index (χ4v) is 6.40. The first-order valence-corrected chi connectivity index (χ1v) is 12.9. The highest BCUT2D eigenvalue weighted by molar-refractivity contribution is 9.10. The Bertz CT molecular complexity index is 1690. The van der Waals surface area contributed by atoms with Crippen molar-refractivity contribution in [3.8, 4) is 5.75 Å². The SMILES string of the molecule is O=c1/c(=C/c2ccc(O)c(Br)c2)sc2n1[C@@H](c1ccccc1Cl)C1=C(N=2)c2ccccc2CC1. The number of hydrogen-bond donors (Lipinski definition) is 1. The summed E-state index contributed by atoms with van der Waals surface area (Å²) in [4.78, 5) is 19.4. The zero-order chi connectivity index (χ0) is 23.4. The van der Waals surface area contributed by atoms with Crippen molar-refractivity contribution in [2.45, 2.75) is 18.9 Å². The molecule has 0 spiro atoms. The van der Waals surface area contributed by atoms with Crippen LogP contribution in [0.2, 0.25) is 5.02 Å². The number of aromatic nitrogens is 1. The average Bonchev–Trinajstić information content (AvgIpc) is 3.15. The summed E-state index contributed by atoms with van der Waals surface area (Å²) in [5.74, 6) is 0.156. The second kappa shape index (κ2) is 8.38. The Morgan fingerprint density at radius 2 is 1.88 bits per heavy atom. The van der Waals surface area contributed by atoms with Crippen molar-refractivity contribution >= 4 is 50.6 Å². The molecule has 1 aliphatic carbocycles. The molecule has 0 unspecified atom stereocenters. The van der Waals surface area contributed by atoms with E-state index in [1.807, 2.05) is 36.4 Å². The molecule has 0 saturated heterocycles. The number of phenolic OH excluding ortho intramolecular Hbond substituents is 1. The summed E-state index contributed by atoms with van der Waals surface area (Å²) < 4.78 is 2.96. The second-order valence-electron chi connectivity index (χ2n) is 8.35. The van der Waals surface area contributed by atoms with Gasteiger partial charge in [-0.15, -0.1) is 0 Å². The van der Waals surface area contributed by atoms with Gasteiger partial charge in [0, 0.05) is 10.6 Å². The van der Waals surface area contributed by atoms with E-state index in [4.69, 9.17) is 16.6 Å². The van der Waals surface area contributed by atoms with Crippen LogP contribution in [0.5, 0.6) is 5.75 Å². The van der Waals surface area contributed by atoms with E-state index in [1.165, 1.54) is 16.9 Å². The van der Waals surface area contributed by atoms with Crippen LogP contribution >= 0.6 is 38.9 Å². The molecule has 0 radical (unpaired) electrons. The van der Waals surface area contributed by atoms with Crippen LogP contribution in [-0.2, 0) is 6.42 Å². The lowest BCUT2D eigenvalue weighted by molar-refractivity contribution is 0.472. The lowest BCUT2D eigenvalue weighted by Crippen LogP contribution is -2.38. The molecule has 3 aromatic carbocycles. The Morgan fingerprint density at radius 3 is 2.71 bits per heavy atom. The summed E-state index contributed by atoms with van der Waals surface area (Å²) in [7, 11) is 0. The smallest absolute Gasteiger partial charge is 0.271 e. The zero-order valence-corrected chi connectivity index (χ0v) is 21.0. The van der Waals surface area contributed by atoms with Crippen LogP contribution < -0.4 is 14.9 Å². The summed E-state index contributed by atoms with van der Waals surface area (Å²) in [6.45, 7) is 0. The van der Waals surface area contributed by atoms with Gasteiger partial charge in [-0.2, -0.15) is 0 Å². The van der Waals surface area contributed by atoms with Crippen LogP contribution in [0.25, 0.3) is 11.8 Å². The van der Waals surface area contributed by atoms with E-state index < -0.39 is 0 Å². The number of nitrogens with zero attached hydrogens (tertiary/aromatic N) is 2. The fraction of sp³-hybridized carbons (Fsp3) is 0.111. The van der Waals surface area contributed by atoms with Crippen molar-refractivity contribution in [3.05, 3.63) is 124 Å². The minimum Gasteiger partial charge on any atom is -0.507 e. The molecule has 4 aromatic rings. The summed E-state index contributed by atoms with van der Waals surface area (Å²) in [6, 6.07) is 21.0. The van der Waals surface area contributed by atoms with E-state index >= 15 is 0 Å². The lowest BCUT2D eigenvalue weighted by atomic mass is 9.83. The normalized spacial score (nSPS) is 17.1. The van der Waals surface area contributed by atoms with Gasteiger partial charge in [0.05, 0.1) is 20.7 Å². The predicted molar refractivity (Wildman–Crippen MR) is 140 cm³/mol. The summed E-state index contributed by atoms with van der Waals surface area (Å²) in [6.07, 6.45) is 3.56. The highest BCUT2D eigenvalue weighted by atomic mass is 79.9. The number of aryl methyl sites for hydroxylation is 1. The first kappa shape index (κ1) is 21.6. The molecule has 2 aliphatic rings. The first-order chi connectivity index (χ1) is 16.5. The van der Waals surface area contributed by atoms with Crippen molar-refractivity contribution < 1.29 is 5.11 Å². The number of phenols is 1. The standard InChI is InChI=1S/C27H18BrClN2O2S/c28-20-13-15(9-12-22(20)32)14-23-26(33)31-25(18-7-3-4-8-21(18)29)19-11-10-16-5-1-2-6-17(16)24(19)30-27(31)34-23/h1-9,12-14,25,32H,10-11H2/b23-14-/t25-/m0/s1. The van der Waals surface area contributed by atoms with E-state index in [2.05, 4.69) is 34.1 Å². The van der Waals surface area contributed by atoms with E-state index in [-0.39, 0.29) is 17.4 Å². The van der Waals surface area contributed by atoms with Crippen LogP contribution in [0.3, 0.4) is 0 Å². The Kier molecular flexibility index (Phi) is 5.32. The third-order valence-corrected chi connectivity index (χ3v) is 8.30. The third-order valence-electron chi connectivity index (χ3n) is 6.34. The number of rotatable bonds is 2. The molecule has 0 bridgehead atoms. The molecule has 7 heteroatoms. The number of thiazole rings is 1. The zero-order valence-electron chi connectivity index (χ0n) is 17.8. The highest BCUT2D eigenvalue weighted by Gasteiger charge is 2.33. The van der Waals surface area contributed by atoms with Gasteiger partial charge in [-0.25, -0.2) is 4.99 Å². The van der Waals surface area contributed by atoms with Crippen molar-refractivity contribution in [2.24, 2.45) is 4.99 Å². The quantitative estimate of drug-likeness (QED) is 0.362. The molecule has 6 rings (SSSR count). The van der Waals surface area contributed by atoms with Gasteiger partial charge < -0.3 is 5.11 Å². The fourth-order valence-electron chi connectivity index (χ4n) is 4.76. The Balaban J connectivity index is 1.64. The number of benzene rings is 3. The molecule has 4 nitrogen and oxygen atoms in total. The van der Waals surface area contributed by atoms with Gasteiger partial charge in [0.1, 0.15) is 5.75 Å². The number of allylic oxidation sites excluding steroid dienone is 1. The van der Waals surface area contributed by atoms with Crippen molar-refractivity contribution in [1.29, 1.82) is 0 Å². The highest BCUT2D eigenvalue weighted by Crippen LogP contribution is 2.42. The van der Waals surface area contributed by atoms with E-state index in [1.54, 1.807) is 22.8 Å². The van der Waals surface area contributed by atoms with Gasteiger partial charge in [-0.05, 0) is 75.3 Å². The first-order valence-electron chi connectivity index (χ1n) is 10.9. The Labute approximate surface area is 212 Å². The molecule has 1 atom stereocenters. The molecule has 0 amide bonds. The molecule has 1 aromatic heterocycles. The molecule has 0 saturated carbocycles. The average molecular weight is 550 g/mol. The lowest BCUT2D eigenvalue weighted by Gasteiger charge is -2.31. The van der Waals surface area contributed by atoms with Crippen LogP contribution in [0.4, 0.5) is 0 Å².